The van der Waals surface area contributed by atoms with Crippen LogP contribution in [0.2, 0.25) is 5.02 Å². The Hall–Kier alpha value is -3.38. The lowest BCUT2D eigenvalue weighted by Gasteiger charge is -2.13. The number of rotatable bonds is 5. The number of aryl methyl sites for hydroxylation is 2. The third-order valence-corrected chi connectivity index (χ3v) is 5.89. The van der Waals surface area contributed by atoms with Gasteiger partial charge >= 0.3 is 0 Å². The van der Waals surface area contributed by atoms with Crippen LogP contribution < -0.4 is 10.7 Å². The topological polar surface area (TPSA) is 83.7 Å². The second kappa shape index (κ2) is 9.40. The standard InChI is InChI=1S/C25H24ClN3O3/c1-15-11-12-18(14-19(15)26)27-25(31)24-16(2)23-20(9-6-10-21(23)32-24)28-29-22(30)13-17-7-4-3-5-8-17/h3-5,7-8,11-12,14H,6,9-10,13H2,1-2H3,(H,27,31)(H,29,30)/b28-20+. The number of hydrogen-bond acceptors (Lipinski definition) is 4. The van der Waals surface area contributed by atoms with Gasteiger partial charge in [0.15, 0.2) is 5.76 Å². The van der Waals surface area contributed by atoms with Crippen molar-refractivity contribution < 1.29 is 14.0 Å². The van der Waals surface area contributed by atoms with Gasteiger partial charge in [0, 0.05) is 28.3 Å². The summed E-state index contributed by atoms with van der Waals surface area (Å²) in [5.41, 5.74) is 7.36. The molecule has 3 aromatic rings. The molecule has 164 valence electrons. The molecule has 0 saturated heterocycles. The number of hydrogen-bond donors (Lipinski definition) is 2. The summed E-state index contributed by atoms with van der Waals surface area (Å²) < 4.78 is 5.92. The molecule has 0 saturated carbocycles. The minimum atomic E-state index is -0.343. The van der Waals surface area contributed by atoms with Crippen LogP contribution in [-0.2, 0) is 17.6 Å². The zero-order valence-electron chi connectivity index (χ0n) is 18.0. The summed E-state index contributed by atoms with van der Waals surface area (Å²) in [5, 5.41) is 7.79. The van der Waals surface area contributed by atoms with Crippen molar-refractivity contribution in [3.8, 4) is 0 Å². The first-order chi connectivity index (χ1) is 15.4. The van der Waals surface area contributed by atoms with Crippen molar-refractivity contribution in [2.24, 2.45) is 5.10 Å². The lowest BCUT2D eigenvalue weighted by Crippen LogP contribution is -2.23. The Morgan fingerprint density at radius 1 is 1.09 bits per heavy atom. The van der Waals surface area contributed by atoms with Crippen LogP contribution in [0.5, 0.6) is 0 Å². The van der Waals surface area contributed by atoms with Gasteiger partial charge in [-0.2, -0.15) is 5.10 Å². The predicted octanol–water partition coefficient (Wildman–Crippen LogP) is 5.20. The number of carbonyl (C=O) groups excluding carboxylic acids is 2. The third-order valence-electron chi connectivity index (χ3n) is 5.48. The molecule has 1 aliphatic rings. The Balaban J connectivity index is 1.51. The largest absolute Gasteiger partial charge is 0.455 e. The van der Waals surface area contributed by atoms with Crippen LogP contribution in [-0.4, -0.2) is 17.5 Å². The number of hydrazone groups is 1. The maximum absolute atomic E-state index is 12.9. The van der Waals surface area contributed by atoms with Crippen LogP contribution in [0, 0.1) is 13.8 Å². The number of halogens is 1. The van der Waals surface area contributed by atoms with Crippen LogP contribution in [0.25, 0.3) is 0 Å². The van der Waals surface area contributed by atoms with Gasteiger partial charge < -0.3 is 9.73 Å². The molecule has 1 aliphatic carbocycles. The van der Waals surface area contributed by atoms with Crippen molar-refractivity contribution >= 4 is 34.8 Å². The van der Waals surface area contributed by atoms with Crippen LogP contribution in [0.1, 0.15) is 51.4 Å². The number of amides is 2. The van der Waals surface area contributed by atoms with E-state index in [2.05, 4.69) is 15.8 Å². The molecule has 0 atom stereocenters. The SMILES string of the molecule is Cc1ccc(NC(=O)c2oc3c(c2C)/C(=N/NC(=O)Cc2ccccc2)CCC3)cc1Cl. The Morgan fingerprint density at radius 3 is 2.62 bits per heavy atom. The smallest absolute Gasteiger partial charge is 0.291 e. The van der Waals surface area contributed by atoms with Gasteiger partial charge in [-0.25, -0.2) is 5.43 Å². The molecule has 2 amide bonds. The van der Waals surface area contributed by atoms with Gasteiger partial charge in [0.1, 0.15) is 5.76 Å². The molecule has 2 N–H and O–H groups in total. The first-order valence-corrected chi connectivity index (χ1v) is 10.9. The van der Waals surface area contributed by atoms with Crippen LogP contribution in [0.3, 0.4) is 0 Å². The van der Waals surface area contributed by atoms with Crippen molar-refractivity contribution in [3.05, 3.63) is 87.3 Å². The summed E-state index contributed by atoms with van der Waals surface area (Å²) in [7, 11) is 0. The van der Waals surface area contributed by atoms with E-state index in [1.165, 1.54) is 0 Å². The predicted molar refractivity (Wildman–Crippen MR) is 125 cm³/mol. The van der Waals surface area contributed by atoms with E-state index in [0.717, 1.165) is 41.0 Å². The zero-order chi connectivity index (χ0) is 22.7. The van der Waals surface area contributed by atoms with Gasteiger partial charge in [-0.3, -0.25) is 9.59 Å². The number of furan rings is 1. The first-order valence-electron chi connectivity index (χ1n) is 10.5. The van der Waals surface area contributed by atoms with E-state index in [9.17, 15) is 9.59 Å². The normalized spacial score (nSPS) is 14.2. The highest BCUT2D eigenvalue weighted by Crippen LogP contribution is 2.30. The summed E-state index contributed by atoms with van der Waals surface area (Å²) in [5.74, 6) is 0.435. The van der Waals surface area contributed by atoms with Crippen LogP contribution >= 0.6 is 11.6 Å². The fourth-order valence-corrected chi connectivity index (χ4v) is 3.99. The lowest BCUT2D eigenvalue weighted by atomic mass is 9.93. The summed E-state index contributed by atoms with van der Waals surface area (Å²) in [6, 6.07) is 14.9. The summed E-state index contributed by atoms with van der Waals surface area (Å²) in [6.07, 6.45) is 2.51. The van der Waals surface area contributed by atoms with Gasteiger partial charge in [-0.05, 0) is 49.9 Å². The minimum Gasteiger partial charge on any atom is -0.455 e. The Labute approximate surface area is 191 Å². The highest BCUT2D eigenvalue weighted by atomic mass is 35.5. The highest BCUT2D eigenvalue weighted by molar-refractivity contribution is 6.31. The Kier molecular flexibility index (Phi) is 6.42. The number of benzene rings is 2. The molecule has 32 heavy (non-hydrogen) atoms. The van der Waals surface area contributed by atoms with Crippen molar-refractivity contribution in [1.82, 2.24) is 5.43 Å². The van der Waals surface area contributed by atoms with Crippen LogP contribution in [0.4, 0.5) is 5.69 Å². The third kappa shape index (κ3) is 4.75. The molecule has 7 heteroatoms. The molecule has 2 aromatic carbocycles. The molecule has 0 fully saturated rings. The average molecular weight is 450 g/mol. The highest BCUT2D eigenvalue weighted by Gasteiger charge is 2.28. The lowest BCUT2D eigenvalue weighted by molar-refractivity contribution is -0.120. The van der Waals surface area contributed by atoms with Crippen molar-refractivity contribution in [2.45, 2.75) is 39.5 Å². The molecule has 6 nitrogen and oxygen atoms in total. The zero-order valence-corrected chi connectivity index (χ0v) is 18.8. The minimum absolute atomic E-state index is 0.189. The molecule has 1 heterocycles. The van der Waals surface area contributed by atoms with Gasteiger partial charge in [0.05, 0.1) is 12.1 Å². The molecule has 4 rings (SSSR count). The maximum Gasteiger partial charge on any atom is 0.291 e. The number of nitrogens with one attached hydrogen (secondary N) is 2. The first kappa shape index (κ1) is 21.8. The fourth-order valence-electron chi connectivity index (χ4n) is 3.81. The summed E-state index contributed by atoms with van der Waals surface area (Å²) in [6.45, 7) is 3.74. The number of nitrogens with zero attached hydrogens (tertiary/aromatic N) is 1. The number of fused-ring (bicyclic) bond motifs is 1. The van der Waals surface area contributed by atoms with E-state index in [1.54, 1.807) is 12.1 Å². The van der Waals surface area contributed by atoms with E-state index in [-0.39, 0.29) is 24.0 Å². The number of anilines is 1. The second-order valence-corrected chi connectivity index (χ2v) is 8.29. The molecule has 0 unspecified atom stereocenters. The van der Waals surface area contributed by atoms with Crippen molar-refractivity contribution in [1.29, 1.82) is 0 Å². The Bertz CT molecular complexity index is 1200. The summed E-state index contributed by atoms with van der Waals surface area (Å²) >= 11 is 6.16. The quantitative estimate of drug-likeness (QED) is 0.525. The molecule has 1 aromatic heterocycles. The van der Waals surface area contributed by atoms with Gasteiger partial charge in [-0.1, -0.05) is 48.0 Å². The maximum atomic E-state index is 12.9. The molecule has 0 aliphatic heterocycles. The average Bonchev–Trinajstić information content (AvgIpc) is 3.13. The number of carbonyl (C=O) groups is 2. The monoisotopic (exact) mass is 449 g/mol. The van der Waals surface area contributed by atoms with Gasteiger partial charge in [-0.15, -0.1) is 0 Å². The molecular formula is C25H24ClN3O3. The molecular weight excluding hydrogens is 426 g/mol. The van der Waals surface area contributed by atoms with E-state index < -0.39 is 0 Å². The van der Waals surface area contributed by atoms with E-state index in [0.29, 0.717) is 22.7 Å². The fraction of sp³-hybridized carbons (Fsp3) is 0.240. The van der Waals surface area contributed by atoms with Crippen molar-refractivity contribution in [2.75, 3.05) is 5.32 Å². The van der Waals surface area contributed by atoms with E-state index in [1.807, 2.05) is 50.2 Å². The second-order valence-electron chi connectivity index (χ2n) is 7.88. The van der Waals surface area contributed by atoms with E-state index in [4.69, 9.17) is 16.0 Å². The van der Waals surface area contributed by atoms with E-state index >= 15 is 0 Å². The van der Waals surface area contributed by atoms with Crippen molar-refractivity contribution in [3.63, 3.8) is 0 Å². The Morgan fingerprint density at radius 2 is 1.88 bits per heavy atom. The molecule has 0 radical (unpaired) electrons. The van der Waals surface area contributed by atoms with Gasteiger partial charge in [0.25, 0.3) is 5.91 Å². The van der Waals surface area contributed by atoms with Crippen LogP contribution in [0.15, 0.2) is 58.0 Å². The molecule has 0 bridgehead atoms. The molecule has 0 spiro atoms. The summed E-state index contributed by atoms with van der Waals surface area (Å²) in [4.78, 5) is 25.2. The van der Waals surface area contributed by atoms with Gasteiger partial charge in [0.2, 0.25) is 5.91 Å².